The van der Waals surface area contributed by atoms with E-state index in [2.05, 4.69) is 10.6 Å². The maximum Gasteiger partial charge on any atom is 0.0894 e. The van der Waals surface area contributed by atoms with Gasteiger partial charge in [-0.05, 0) is 38.4 Å². The van der Waals surface area contributed by atoms with Gasteiger partial charge in [0.25, 0.3) is 0 Å². The zero-order valence-electron chi connectivity index (χ0n) is 8.00. The van der Waals surface area contributed by atoms with Crippen LogP contribution in [0.15, 0.2) is 0 Å². The van der Waals surface area contributed by atoms with E-state index >= 15 is 0 Å². The summed E-state index contributed by atoms with van der Waals surface area (Å²) in [5.41, 5.74) is 0. The van der Waals surface area contributed by atoms with Crippen molar-refractivity contribution in [1.29, 1.82) is 0 Å². The molecule has 13 heavy (non-hydrogen) atoms. The summed E-state index contributed by atoms with van der Waals surface area (Å²) in [4.78, 5) is 0. The molecule has 0 bridgehead atoms. The van der Waals surface area contributed by atoms with E-state index in [-0.39, 0.29) is 6.61 Å². The van der Waals surface area contributed by atoms with Gasteiger partial charge in [0, 0.05) is 6.54 Å². The maximum atomic E-state index is 9.06. The van der Waals surface area contributed by atoms with Gasteiger partial charge in [-0.15, -0.1) is 0 Å². The van der Waals surface area contributed by atoms with Crippen LogP contribution in [-0.4, -0.2) is 49.1 Å². The van der Waals surface area contributed by atoms with E-state index in [1.54, 1.807) is 0 Å². The molecule has 4 nitrogen and oxygen atoms in total. The molecule has 1 atom stereocenters. The molecule has 1 aliphatic heterocycles. The largest absolute Gasteiger partial charge is 0.394 e. The Kier molecular flexibility index (Phi) is 5.31. The lowest BCUT2D eigenvalue weighted by Crippen LogP contribution is -2.37. The molecule has 1 heterocycles. The molecule has 1 fully saturated rings. The van der Waals surface area contributed by atoms with E-state index in [9.17, 15) is 0 Å². The van der Waals surface area contributed by atoms with Crippen LogP contribution >= 0.6 is 0 Å². The molecule has 1 unspecified atom stereocenters. The van der Waals surface area contributed by atoms with Crippen LogP contribution < -0.4 is 10.6 Å². The van der Waals surface area contributed by atoms with Gasteiger partial charge in [0.05, 0.1) is 12.7 Å². The molecule has 1 saturated heterocycles. The molecule has 4 N–H and O–H groups in total. The first-order chi connectivity index (χ1) is 6.33. The van der Waals surface area contributed by atoms with Crippen molar-refractivity contribution in [1.82, 2.24) is 10.6 Å². The van der Waals surface area contributed by atoms with Gasteiger partial charge in [0.2, 0.25) is 0 Å². The minimum absolute atomic E-state index is 0.154. The second-order valence-electron chi connectivity index (χ2n) is 3.69. The van der Waals surface area contributed by atoms with Gasteiger partial charge in [-0.2, -0.15) is 0 Å². The second-order valence-corrected chi connectivity index (χ2v) is 3.69. The predicted molar refractivity (Wildman–Crippen MR) is 51.6 cm³/mol. The van der Waals surface area contributed by atoms with Crippen molar-refractivity contribution in [3.63, 3.8) is 0 Å². The molecule has 4 heteroatoms. The third kappa shape index (κ3) is 4.57. The number of nitrogens with one attached hydrogen (secondary N) is 2. The third-order valence-corrected chi connectivity index (χ3v) is 2.48. The van der Waals surface area contributed by atoms with Crippen molar-refractivity contribution in [3.05, 3.63) is 0 Å². The number of rotatable bonds is 5. The van der Waals surface area contributed by atoms with Crippen molar-refractivity contribution in [2.45, 2.75) is 18.9 Å². The average molecular weight is 188 g/mol. The monoisotopic (exact) mass is 188 g/mol. The summed E-state index contributed by atoms with van der Waals surface area (Å²) in [6, 6.07) is 0. The van der Waals surface area contributed by atoms with Gasteiger partial charge in [-0.3, -0.25) is 0 Å². The number of aliphatic hydroxyl groups is 2. The Morgan fingerprint density at radius 1 is 1.38 bits per heavy atom. The lowest BCUT2D eigenvalue weighted by molar-refractivity contribution is 0.0932. The van der Waals surface area contributed by atoms with E-state index in [0.29, 0.717) is 6.54 Å². The van der Waals surface area contributed by atoms with Gasteiger partial charge < -0.3 is 20.8 Å². The lowest BCUT2D eigenvalue weighted by atomic mass is 9.98. The van der Waals surface area contributed by atoms with Crippen molar-refractivity contribution in [2.75, 3.05) is 32.8 Å². The summed E-state index contributed by atoms with van der Waals surface area (Å²) in [5, 5.41) is 24.1. The van der Waals surface area contributed by atoms with E-state index in [4.69, 9.17) is 10.2 Å². The number of aliphatic hydroxyl groups excluding tert-OH is 2. The fourth-order valence-corrected chi connectivity index (χ4v) is 1.60. The number of hydrogen-bond acceptors (Lipinski definition) is 4. The topological polar surface area (TPSA) is 64.5 Å². The minimum atomic E-state index is -0.610. The molecular weight excluding hydrogens is 168 g/mol. The van der Waals surface area contributed by atoms with E-state index < -0.39 is 6.10 Å². The highest BCUT2D eigenvalue weighted by atomic mass is 16.3. The smallest absolute Gasteiger partial charge is 0.0894 e. The maximum absolute atomic E-state index is 9.06. The first-order valence-electron chi connectivity index (χ1n) is 5.03. The van der Waals surface area contributed by atoms with Crippen LogP contribution in [0.4, 0.5) is 0 Å². The summed E-state index contributed by atoms with van der Waals surface area (Å²) in [5.74, 6) is 0.729. The summed E-state index contributed by atoms with van der Waals surface area (Å²) in [7, 11) is 0. The lowest BCUT2D eigenvalue weighted by Gasteiger charge is -2.23. The molecule has 0 aromatic rings. The first-order valence-corrected chi connectivity index (χ1v) is 5.03. The van der Waals surface area contributed by atoms with Crippen molar-refractivity contribution in [2.24, 2.45) is 5.92 Å². The Hall–Kier alpha value is -0.160. The highest BCUT2D eigenvalue weighted by molar-refractivity contribution is 4.71. The Bertz CT molecular complexity index is 127. The zero-order chi connectivity index (χ0) is 9.52. The highest BCUT2D eigenvalue weighted by Gasteiger charge is 2.12. The molecule has 1 rings (SSSR count). The van der Waals surface area contributed by atoms with Crippen molar-refractivity contribution >= 4 is 0 Å². The van der Waals surface area contributed by atoms with Crippen molar-refractivity contribution in [3.8, 4) is 0 Å². The SMILES string of the molecule is OCC(O)CNCC1CCNCC1. The third-order valence-electron chi connectivity index (χ3n) is 2.48. The van der Waals surface area contributed by atoms with Crippen LogP contribution in [0.3, 0.4) is 0 Å². The molecule has 0 amide bonds. The molecular formula is C9H20N2O2. The molecule has 0 radical (unpaired) electrons. The molecule has 78 valence electrons. The van der Waals surface area contributed by atoms with Gasteiger partial charge in [0.15, 0.2) is 0 Å². The van der Waals surface area contributed by atoms with Crippen molar-refractivity contribution < 1.29 is 10.2 Å². The van der Waals surface area contributed by atoms with Crippen LogP contribution in [0.25, 0.3) is 0 Å². The summed E-state index contributed by atoms with van der Waals surface area (Å²) in [6.07, 6.45) is 1.81. The molecule has 1 aliphatic rings. The molecule has 0 spiro atoms. The van der Waals surface area contributed by atoms with Crippen LogP contribution in [-0.2, 0) is 0 Å². The number of hydrogen-bond donors (Lipinski definition) is 4. The Morgan fingerprint density at radius 2 is 2.08 bits per heavy atom. The van der Waals surface area contributed by atoms with Crippen LogP contribution in [0, 0.1) is 5.92 Å². The van der Waals surface area contributed by atoms with E-state index in [0.717, 1.165) is 25.6 Å². The van der Waals surface area contributed by atoms with E-state index in [1.165, 1.54) is 12.8 Å². The van der Waals surface area contributed by atoms with Crippen LogP contribution in [0.5, 0.6) is 0 Å². The first kappa shape index (κ1) is 10.9. The normalized spacial score (nSPS) is 21.7. The molecule has 0 aliphatic carbocycles. The van der Waals surface area contributed by atoms with Gasteiger partial charge in [0.1, 0.15) is 0 Å². The summed E-state index contributed by atoms with van der Waals surface area (Å²) >= 11 is 0. The second kappa shape index (κ2) is 6.32. The van der Waals surface area contributed by atoms with Gasteiger partial charge in [-0.25, -0.2) is 0 Å². The molecule has 0 aromatic heterocycles. The standard InChI is InChI=1S/C9H20N2O2/c12-7-9(13)6-11-5-8-1-3-10-4-2-8/h8-13H,1-7H2. The Balaban J connectivity index is 1.98. The predicted octanol–water partition coefficient (Wildman–Crippen LogP) is -1.07. The Morgan fingerprint density at radius 3 is 2.69 bits per heavy atom. The summed E-state index contributed by atoms with van der Waals surface area (Å²) in [6.45, 7) is 3.52. The number of piperidine rings is 1. The fourth-order valence-electron chi connectivity index (χ4n) is 1.60. The Labute approximate surface area is 79.3 Å². The minimum Gasteiger partial charge on any atom is -0.394 e. The highest BCUT2D eigenvalue weighted by Crippen LogP contribution is 2.09. The molecule has 0 saturated carbocycles. The zero-order valence-corrected chi connectivity index (χ0v) is 8.00. The molecule has 0 aromatic carbocycles. The average Bonchev–Trinajstić information content (AvgIpc) is 2.19. The summed E-state index contributed by atoms with van der Waals surface area (Å²) < 4.78 is 0. The fraction of sp³-hybridized carbons (Fsp3) is 1.00. The quantitative estimate of drug-likeness (QED) is 0.443. The van der Waals surface area contributed by atoms with Crippen LogP contribution in [0.1, 0.15) is 12.8 Å². The van der Waals surface area contributed by atoms with Gasteiger partial charge in [-0.1, -0.05) is 0 Å². The van der Waals surface area contributed by atoms with Crippen LogP contribution in [0.2, 0.25) is 0 Å². The van der Waals surface area contributed by atoms with Gasteiger partial charge >= 0.3 is 0 Å². The van der Waals surface area contributed by atoms with E-state index in [1.807, 2.05) is 0 Å².